The third-order valence-electron chi connectivity index (χ3n) is 5.55. The Labute approximate surface area is 177 Å². The molecule has 3 fully saturated rings. The summed E-state index contributed by atoms with van der Waals surface area (Å²) in [5.74, 6) is 0.443. The summed E-state index contributed by atoms with van der Waals surface area (Å²) in [6, 6.07) is 0.185. The van der Waals surface area contributed by atoms with Crippen LogP contribution in [0.4, 0.5) is 9.59 Å². The van der Waals surface area contributed by atoms with Crippen LogP contribution in [0.25, 0.3) is 0 Å². The van der Waals surface area contributed by atoms with Gasteiger partial charge in [0.2, 0.25) is 5.91 Å². The minimum absolute atomic E-state index is 0.0554. The van der Waals surface area contributed by atoms with Crippen LogP contribution < -0.4 is 16.0 Å². The largest absolute Gasteiger partial charge is 0.444 e. The average Bonchev–Trinajstić information content (AvgIpc) is 3.11. The molecule has 3 heterocycles. The van der Waals surface area contributed by atoms with Crippen LogP contribution in [-0.2, 0) is 9.53 Å². The van der Waals surface area contributed by atoms with Crippen molar-refractivity contribution < 1.29 is 19.1 Å². The highest BCUT2D eigenvalue weighted by atomic mass is 16.6. The fraction of sp³-hybridized carbons (Fsp3) is 0.800. The highest BCUT2D eigenvalue weighted by Gasteiger charge is 2.45. The van der Waals surface area contributed by atoms with Gasteiger partial charge in [-0.25, -0.2) is 9.59 Å². The zero-order valence-corrected chi connectivity index (χ0v) is 18.4. The lowest BCUT2D eigenvalue weighted by Crippen LogP contribution is -2.55. The quantitative estimate of drug-likeness (QED) is 0.346. The van der Waals surface area contributed by atoms with E-state index >= 15 is 0 Å². The summed E-state index contributed by atoms with van der Waals surface area (Å²) < 4.78 is 5.60. The summed E-state index contributed by atoms with van der Waals surface area (Å²) in [6.07, 6.45) is 3.44. The standard InChI is InChI=1S/C20H34N6O4/c1-5-21-17(22-8-9-25-16(27)12-23-18(25)28)24-13-10-14-6-7-15(11-13)26(14)19(29)30-20(2,3)4/h13-15H,5-12H2,1-4H3,(H,23,28)(H2,21,22,24). The van der Waals surface area contributed by atoms with E-state index in [1.54, 1.807) is 0 Å². The molecular formula is C20H34N6O4. The van der Waals surface area contributed by atoms with Gasteiger partial charge in [-0.1, -0.05) is 0 Å². The molecule has 0 aromatic carbocycles. The Kier molecular flexibility index (Phi) is 6.72. The molecule has 10 nitrogen and oxygen atoms in total. The lowest BCUT2D eigenvalue weighted by molar-refractivity contribution is -0.124. The minimum Gasteiger partial charge on any atom is -0.444 e. The van der Waals surface area contributed by atoms with Crippen molar-refractivity contribution in [2.45, 2.75) is 77.1 Å². The van der Waals surface area contributed by atoms with E-state index in [1.165, 1.54) is 4.90 Å². The first-order valence-electron chi connectivity index (χ1n) is 10.8. The average molecular weight is 423 g/mol. The van der Waals surface area contributed by atoms with E-state index in [0.29, 0.717) is 19.0 Å². The van der Waals surface area contributed by atoms with Crippen molar-refractivity contribution in [3.05, 3.63) is 0 Å². The molecule has 3 N–H and O–H groups in total. The van der Waals surface area contributed by atoms with Crippen molar-refractivity contribution in [1.29, 1.82) is 0 Å². The zero-order valence-electron chi connectivity index (χ0n) is 18.4. The molecule has 2 bridgehead atoms. The lowest BCUT2D eigenvalue weighted by atomic mass is 9.98. The number of imide groups is 1. The first kappa shape index (κ1) is 22.2. The maximum Gasteiger partial charge on any atom is 0.410 e. The maximum absolute atomic E-state index is 12.6. The second-order valence-corrected chi connectivity index (χ2v) is 9.05. The predicted octanol–water partition coefficient (Wildman–Crippen LogP) is 1.02. The molecule has 3 aliphatic heterocycles. The van der Waals surface area contributed by atoms with Crippen molar-refractivity contribution in [1.82, 2.24) is 25.8 Å². The summed E-state index contributed by atoms with van der Waals surface area (Å²) in [4.78, 5) is 43.5. The molecule has 0 aliphatic carbocycles. The molecule has 3 aliphatic rings. The second kappa shape index (κ2) is 9.09. The van der Waals surface area contributed by atoms with E-state index in [4.69, 9.17) is 4.74 Å². The number of nitrogens with one attached hydrogen (secondary N) is 3. The van der Waals surface area contributed by atoms with Crippen molar-refractivity contribution in [3.8, 4) is 0 Å². The Morgan fingerprint density at radius 3 is 2.43 bits per heavy atom. The molecule has 2 unspecified atom stereocenters. The predicted molar refractivity (Wildman–Crippen MR) is 112 cm³/mol. The SMILES string of the molecule is CCNC(=NCCN1C(=O)CNC1=O)NC1CC2CCC(C1)N2C(=O)OC(C)(C)C. The van der Waals surface area contributed by atoms with Gasteiger partial charge in [-0.3, -0.25) is 14.7 Å². The molecule has 0 aromatic heterocycles. The lowest BCUT2D eigenvalue weighted by Gasteiger charge is -2.40. The van der Waals surface area contributed by atoms with Gasteiger partial charge >= 0.3 is 12.1 Å². The molecular weight excluding hydrogens is 388 g/mol. The number of guanidine groups is 1. The van der Waals surface area contributed by atoms with Gasteiger partial charge in [0.15, 0.2) is 5.96 Å². The van der Waals surface area contributed by atoms with E-state index in [1.807, 2.05) is 32.6 Å². The van der Waals surface area contributed by atoms with Gasteiger partial charge in [0.1, 0.15) is 5.60 Å². The molecule has 4 amide bonds. The van der Waals surface area contributed by atoms with Gasteiger partial charge in [0.25, 0.3) is 0 Å². The first-order valence-corrected chi connectivity index (χ1v) is 10.8. The fourth-order valence-corrected chi connectivity index (χ4v) is 4.36. The smallest absolute Gasteiger partial charge is 0.410 e. The number of piperidine rings is 1. The number of hydrogen-bond donors (Lipinski definition) is 3. The van der Waals surface area contributed by atoms with E-state index in [0.717, 1.165) is 25.7 Å². The number of carbonyl (C=O) groups is 3. The number of ether oxygens (including phenoxy) is 1. The van der Waals surface area contributed by atoms with E-state index in [2.05, 4.69) is 20.9 Å². The summed E-state index contributed by atoms with van der Waals surface area (Å²) in [5, 5.41) is 9.20. The number of aliphatic imine (C=N–C) groups is 1. The fourth-order valence-electron chi connectivity index (χ4n) is 4.36. The molecule has 2 atom stereocenters. The van der Waals surface area contributed by atoms with Crippen LogP contribution in [0.1, 0.15) is 53.4 Å². The highest BCUT2D eigenvalue weighted by Crippen LogP contribution is 2.36. The molecule has 0 radical (unpaired) electrons. The normalized spacial score (nSPS) is 26.7. The van der Waals surface area contributed by atoms with Crippen molar-refractivity contribution in [2.24, 2.45) is 4.99 Å². The van der Waals surface area contributed by atoms with Gasteiger partial charge in [0.05, 0.1) is 19.6 Å². The highest BCUT2D eigenvalue weighted by molar-refractivity contribution is 6.01. The number of rotatable bonds is 5. The Morgan fingerprint density at radius 1 is 1.23 bits per heavy atom. The van der Waals surface area contributed by atoms with Crippen LogP contribution in [0.2, 0.25) is 0 Å². The summed E-state index contributed by atoms with van der Waals surface area (Å²) >= 11 is 0. The number of nitrogens with zero attached hydrogens (tertiary/aromatic N) is 3. The second-order valence-electron chi connectivity index (χ2n) is 9.05. The van der Waals surface area contributed by atoms with Crippen molar-refractivity contribution in [3.63, 3.8) is 0 Å². The van der Waals surface area contributed by atoms with Crippen LogP contribution in [0, 0.1) is 0 Å². The van der Waals surface area contributed by atoms with Gasteiger partial charge in [-0.15, -0.1) is 0 Å². The number of hydrogen-bond acceptors (Lipinski definition) is 5. The van der Waals surface area contributed by atoms with Gasteiger partial charge < -0.3 is 25.6 Å². The molecule has 3 saturated heterocycles. The van der Waals surface area contributed by atoms with E-state index in [9.17, 15) is 14.4 Å². The van der Waals surface area contributed by atoms with Crippen LogP contribution >= 0.6 is 0 Å². The molecule has 0 aromatic rings. The topological polar surface area (TPSA) is 115 Å². The number of amides is 4. The maximum atomic E-state index is 12.6. The summed E-state index contributed by atoms with van der Waals surface area (Å²) in [6.45, 7) is 9.00. The van der Waals surface area contributed by atoms with Gasteiger partial charge in [-0.2, -0.15) is 0 Å². The Hall–Kier alpha value is -2.52. The zero-order chi connectivity index (χ0) is 21.9. The molecule has 0 saturated carbocycles. The molecule has 0 spiro atoms. The van der Waals surface area contributed by atoms with Crippen LogP contribution in [0.5, 0.6) is 0 Å². The number of urea groups is 1. The molecule has 168 valence electrons. The number of carbonyl (C=O) groups excluding carboxylic acids is 3. The van der Waals surface area contributed by atoms with Crippen molar-refractivity contribution in [2.75, 3.05) is 26.2 Å². The molecule has 3 rings (SSSR count). The molecule has 10 heteroatoms. The Balaban J connectivity index is 1.55. The van der Waals surface area contributed by atoms with Crippen LogP contribution in [0.15, 0.2) is 4.99 Å². The third-order valence-corrected chi connectivity index (χ3v) is 5.55. The van der Waals surface area contributed by atoms with Crippen LogP contribution in [0.3, 0.4) is 0 Å². The Bertz CT molecular complexity index is 674. The summed E-state index contributed by atoms with van der Waals surface area (Å²) in [5.41, 5.74) is -0.496. The minimum atomic E-state index is -0.496. The summed E-state index contributed by atoms with van der Waals surface area (Å²) in [7, 11) is 0. The first-order chi connectivity index (χ1) is 14.2. The van der Waals surface area contributed by atoms with Crippen molar-refractivity contribution >= 4 is 24.0 Å². The third kappa shape index (κ3) is 5.34. The van der Waals surface area contributed by atoms with Crippen LogP contribution in [-0.4, -0.2) is 83.7 Å². The van der Waals surface area contributed by atoms with Gasteiger partial charge in [0, 0.05) is 24.7 Å². The Morgan fingerprint density at radius 2 is 1.90 bits per heavy atom. The van der Waals surface area contributed by atoms with E-state index in [-0.39, 0.29) is 49.2 Å². The monoisotopic (exact) mass is 422 g/mol. The number of fused-ring (bicyclic) bond motifs is 2. The molecule has 30 heavy (non-hydrogen) atoms. The van der Waals surface area contributed by atoms with E-state index < -0.39 is 5.60 Å². The van der Waals surface area contributed by atoms with Gasteiger partial charge in [-0.05, 0) is 53.4 Å².